The average molecular weight is 319 g/mol. The highest BCUT2D eigenvalue weighted by molar-refractivity contribution is 5.94. The fourth-order valence-electron chi connectivity index (χ4n) is 3.01. The van der Waals surface area contributed by atoms with E-state index in [1.807, 2.05) is 46.1 Å². The molecule has 1 aliphatic heterocycles. The highest BCUT2D eigenvalue weighted by Crippen LogP contribution is 2.24. The van der Waals surface area contributed by atoms with Gasteiger partial charge in [-0.25, -0.2) is 4.68 Å². The van der Waals surface area contributed by atoms with Gasteiger partial charge in [0, 0.05) is 31.0 Å². The maximum absolute atomic E-state index is 12.5. The Morgan fingerprint density at radius 2 is 2.00 bits per heavy atom. The van der Waals surface area contributed by atoms with Crippen LogP contribution in [0.4, 0.5) is 0 Å². The van der Waals surface area contributed by atoms with E-state index < -0.39 is 0 Å². The SMILES string of the molecule is O=C(c1cccnc1)N1CC[C@@H](n2cc(-c3ccccc3)nn2)C1. The second-order valence-corrected chi connectivity index (χ2v) is 5.89. The molecule has 1 amide bonds. The van der Waals surface area contributed by atoms with Crippen molar-refractivity contribution in [1.29, 1.82) is 0 Å². The summed E-state index contributed by atoms with van der Waals surface area (Å²) in [7, 11) is 0. The summed E-state index contributed by atoms with van der Waals surface area (Å²) in [6.07, 6.45) is 6.12. The Labute approximate surface area is 139 Å². The Kier molecular flexibility index (Phi) is 3.78. The Balaban J connectivity index is 1.48. The van der Waals surface area contributed by atoms with Gasteiger partial charge in [0.05, 0.1) is 17.8 Å². The number of benzene rings is 1. The fourth-order valence-corrected chi connectivity index (χ4v) is 3.01. The van der Waals surface area contributed by atoms with E-state index in [4.69, 9.17) is 0 Å². The largest absolute Gasteiger partial charge is 0.336 e. The number of aromatic nitrogens is 4. The third-order valence-corrected chi connectivity index (χ3v) is 4.31. The smallest absolute Gasteiger partial charge is 0.255 e. The van der Waals surface area contributed by atoms with Gasteiger partial charge < -0.3 is 4.90 Å². The van der Waals surface area contributed by atoms with Crippen LogP contribution in [0, 0.1) is 0 Å². The van der Waals surface area contributed by atoms with Crippen LogP contribution >= 0.6 is 0 Å². The molecule has 3 heterocycles. The number of hydrogen-bond donors (Lipinski definition) is 0. The van der Waals surface area contributed by atoms with Gasteiger partial charge in [0.1, 0.15) is 5.69 Å². The van der Waals surface area contributed by atoms with Crippen molar-refractivity contribution in [1.82, 2.24) is 24.9 Å². The zero-order valence-corrected chi connectivity index (χ0v) is 13.1. The number of amides is 1. The molecule has 0 aliphatic carbocycles. The van der Waals surface area contributed by atoms with Gasteiger partial charge in [-0.3, -0.25) is 9.78 Å². The summed E-state index contributed by atoms with van der Waals surface area (Å²) in [4.78, 5) is 18.4. The van der Waals surface area contributed by atoms with E-state index in [0.29, 0.717) is 12.1 Å². The van der Waals surface area contributed by atoms with Crippen molar-refractivity contribution in [3.05, 3.63) is 66.6 Å². The standard InChI is InChI=1S/C18H17N5O/c24-18(15-7-4-9-19-11-15)22-10-8-16(12-22)23-13-17(20-21-23)14-5-2-1-3-6-14/h1-7,9,11,13,16H,8,10,12H2/t16-/m1/s1. The lowest BCUT2D eigenvalue weighted by Gasteiger charge is -2.16. The maximum atomic E-state index is 12.5. The highest BCUT2D eigenvalue weighted by atomic mass is 16.2. The number of carbonyl (C=O) groups excluding carboxylic acids is 1. The Hall–Kier alpha value is -3.02. The van der Waals surface area contributed by atoms with Crippen molar-refractivity contribution < 1.29 is 4.79 Å². The third-order valence-electron chi connectivity index (χ3n) is 4.31. The molecule has 24 heavy (non-hydrogen) atoms. The molecule has 1 fully saturated rings. The first-order chi connectivity index (χ1) is 11.8. The summed E-state index contributed by atoms with van der Waals surface area (Å²) >= 11 is 0. The molecule has 0 radical (unpaired) electrons. The van der Waals surface area contributed by atoms with Gasteiger partial charge in [0.15, 0.2) is 0 Å². The van der Waals surface area contributed by atoms with Crippen molar-refractivity contribution in [2.24, 2.45) is 0 Å². The minimum atomic E-state index is 0.0222. The van der Waals surface area contributed by atoms with Crippen LogP contribution in [0.2, 0.25) is 0 Å². The minimum Gasteiger partial charge on any atom is -0.336 e. The summed E-state index contributed by atoms with van der Waals surface area (Å²) in [5, 5.41) is 8.52. The van der Waals surface area contributed by atoms with Crippen LogP contribution < -0.4 is 0 Å². The molecule has 1 saturated heterocycles. The zero-order chi connectivity index (χ0) is 16.4. The normalized spacial score (nSPS) is 17.2. The van der Waals surface area contributed by atoms with E-state index in [1.165, 1.54) is 0 Å². The molecule has 120 valence electrons. The molecule has 4 rings (SSSR count). The van der Waals surface area contributed by atoms with Gasteiger partial charge in [-0.05, 0) is 18.6 Å². The molecule has 1 aromatic carbocycles. The molecule has 3 aromatic rings. The summed E-state index contributed by atoms with van der Waals surface area (Å²) in [6.45, 7) is 1.37. The van der Waals surface area contributed by atoms with Gasteiger partial charge in [-0.15, -0.1) is 5.10 Å². The van der Waals surface area contributed by atoms with Gasteiger partial charge in [0.2, 0.25) is 0 Å². The van der Waals surface area contributed by atoms with Gasteiger partial charge in [-0.2, -0.15) is 0 Å². The van der Waals surface area contributed by atoms with Crippen LogP contribution in [0.25, 0.3) is 11.3 Å². The van der Waals surface area contributed by atoms with Crippen LogP contribution in [0.1, 0.15) is 22.8 Å². The molecule has 0 bridgehead atoms. The van der Waals surface area contributed by atoms with Crippen LogP contribution in [-0.4, -0.2) is 43.9 Å². The van der Waals surface area contributed by atoms with Crippen molar-refractivity contribution in [2.45, 2.75) is 12.5 Å². The second kappa shape index (κ2) is 6.23. The molecule has 0 spiro atoms. The van der Waals surface area contributed by atoms with Crippen molar-refractivity contribution in [2.75, 3.05) is 13.1 Å². The van der Waals surface area contributed by atoms with Crippen LogP contribution in [-0.2, 0) is 0 Å². The van der Waals surface area contributed by atoms with Crippen molar-refractivity contribution >= 4 is 5.91 Å². The van der Waals surface area contributed by atoms with E-state index in [2.05, 4.69) is 15.3 Å². The maximum Gasteiger partial charge on any atom is 0.255 e. The van der Waals surface area contributed by atoms with Gasteiger partial charge in [0.25, 0.3) is 5.91 Å². The van der Waals surface area contributed by atoms with Gasteiger partial charge >= 0.3 is 0 Å². The molecule has 0 N–H and O–H groups in total. The zero-order valence-electron chi connectivity index (χ0n) is 13.1. The van der Waals surface area contributed by atoms with E-state index in [1.54, 1.807) is 24.5 Å². The van der Waals surface area contributed by atoms with Gasteiger partial charge in [-0.1, -0.05) is 35.5 Å². The predicted octanol–water partition coefficient (Wildman–Crippen LogP) is 2.43. The average Bonchev–Trinajstić information content (AvgIpc) is 3.32. The summed E-state index contributed by atoms with van der Waals surface area (Å²) < 4.78 is 1.87. The van der Waals surface area contributed by atoms with Crippen LogP contribution in [0.3, 0.4) is 0 Å². The topological polar surface area (TPSA) is 63.9 Å². The monoisotopic (exact) mass is 319 g/mol. The molecular formula is C18H17N5O. The van der Waals surface area contributed by atoms with Crippen LogP contribution in [0.5, 0.6) is 0 Å². The first-order valence-electron chi connectivity index (χ1n) is 7.98. The molecular weight excluding hydrogens is 302 g/mol. The highest BCUT2D eigenvalue weighted by Gasteiger charge is 2.29. The molecule has 6 nitrogen and oxygen atoms in total. The summed E-state index contributed by atoms with van der Waals surface area (Å²) in [6, 6.07) is 13.7. The first-order valence-corrected chi connectivity index (χ1v) is 7.98. The molecule has 2 aromatic heterocycles. The van der Waals surface area contributed by atoms with E-state index in [9.17, 15) is 4.79 Å². The summed E-state index contributed by atoms with van der Waals surface area (Å²) in [5.74, 6) is 0.0222. The number of carbonyl (C=O) groups is 1. The lowest BCUT2D eigenvalue weighted by Crippen LogP contribution is -2.29. The number of rotatable bonds is 3. The number of pyridine rings is 1. The quantitative estimate of drug-likeness (QED) is 0.744. The predicted molar refractivity (Wildman–Crippen MR) is 89.3 cm³/mol. The van der Waals surface area contributed by atoms with E-state index >= 15 is 0 Å². The lowest BCUT2D eigenvalue weighted by atomic mass is 10.2. The van der Waals surface area contributed by atoms with Crippen molar-refractivity contribution in [3.8, 4) is 11.3 Å². The third kappa shape index (κ3) is 2.78. The lowest BCUT2D eigenvalue weighted by molar-refractivity contribution is 0.0786. The molecule has 0 saturated carbocycles. The molecule has 6 heteroatoms. The first kappa shape index (κ1) is 14.6. The molecule has 1 aliphatic rings. The van der Waals surface area contributed by atoms with E-state index in [-0.39, 0.29) is 11.9 Å². The second-order valence-electron chi connectivity index (χ2n) is 5.89. The Morgan fingerprint density at radius 3 is 2.79 bits per heavy atom. The van der Waals surface area contributed by atoms with Crippen molar-refractivity contribution in [3.63, 3.8) is 0 Å². The molecule has 1 atom stereocenters. The van der Waals surface area contributed by atoms with Crippen LogP contribution in [0.15, 0.2) is 61.1 Å². The fraction of sp³-hybridized carbons (Fsp3) is 0.222. The Morgan fingerprint density at radius 1 is 1.12 bits per heavy atom. The number of likely N-dealkylation sites (tertiary alicyclic amines) is 1. The minimum absolute atomic E-state index is 0.0222. The molecule has 0 unspecified atom stereocenters. The Bertz CT molecular complexity index is 831. The number of hydrogen-bond acceptors (Lipinski definition) is 4. The van der Waals surface area contributed by atoms with E-state index in [0.717, 1.165) is 24.2 Å². The summed E-state index contributed by atoms with van der Waals surface area (Å²) in [5.41, 5.74) is 2.53. The number of nitrogens with zero attached hydrogens (tertiary/aromatic N) is 5.